The molecular formula is C36H51F3N4O6. The van der Waals surface area contributed by atoms with E-state index in [9.17, 15) is 32.7 Å². The first kappa shape index (κ1) is 39.6. The van der Waals surface area contributed by atoms with Crippen LogP contribution in [0, 0.1) is 11.8 Å². The van der Waals surface area contributed by atoms with Gasteiger partial charge in [-0.15, -0.1) is 13.2 Å². The Balaban J connectivity index is 1.87. The van der Waals surface area contributed by atoms with E-state index in [1.807, 2.05) is 51.2 Å². The Bertz CT molecular complexity index is 1340. The number of nitrogens with one attached hydrogen (secondary N) is 3. The quantitative estimate of drug-likeness (QED) is 0.220. The fourth-order valence-corrected chi connectivity index (χ4v) is 5.83. The van der Waals surface area contributed by atoms with Crippen LogP contribution in [0.2, 0.25) is 0 Å². The van der Waals surface area contributed by atoms with Crippen LogP contribution in [0.5, 0.6) is 5.75 Å². The molecule has 2 aromatic carbocycles. The van der Waals surface area contributed by atoms with Gasteiger partial charge in [0.1, 0.15) is 17.4 Å². The number of benzene rings is 2. The second kappa shape index (κ2) is 17.7. The van der Waals surface area contributed by atoms with Gasteiger partial charge < -0.3 is 35.4 Å². The molecule has 4 atom stereocenters. The molecule has 3 rings (SSSR count). The van der Waals surface area contributed by atoms with Crippen LogP contribution in [0.1, 0.15) is 65.0 Å². The number of carbonyl (C=O) groups is 3. The predicted molar refractivity (Wildman–Crippen MR) is 180 cm³/mol. The number of alkyl carbamates (subject to hydrolysis) is 1. The molecule has 3 unspecified atom stereocenters. The monoisotopic (exact) mass is 692 g/mol. The van der Waals surface area contributed by atoms with Crippen LogP contribution in [-0.2, 0) is 27.2 Å². The summed E-state index contributed by atoms with van der Waals surface area (Å²) in [5, 5.41) is 20.5. The molecule has 1 aliphatic heterocycles. The Hall–Kier alpha value is -3.84. The minimum Gasteiger partial charge on any atom is -0.444 e. The molecule has 2 aromatic rings. The number of nitrogens with zero attached hydrogens (tertiary/aromatic N) is 1. The minimum atomic E-state index is -4.86. The fraction of sp³-hybridized carbons (Fsp3) is 0.583. The van der Waals surface area contributed by atoms with Gasteiger partial charge in [0.15, 0.2) is 0 Å². The van der Waals surface area contributed by atoms with E-state index < -0.39 is 53.8 Å². The predicted octanol–water partition coefficient (Wildman–Crippen LogP) is 4.98. The van der Waals surface area contributed by atoms with Crippen molar-refractivity contribution in [2.45, 2.75) is 103 Å². The van der Waals surface area contributed by atoms with Gasteiger partial charge in [0, 0.05) is 25.0 Å². The molecule has 1 aliphatic rings. The first-order valence-electron chi connectivity index (χ1n) is 16.8. The molecule has 4 N–H and O–H groups in total. The Morgan fingerprint density at radius 3 is 2.04 bits per heavy atom. The highest BCUT2D eigenvalue weighted by Gasteiger charge is 2.35. The molecular weight excluding hydrogens is 641 g/mol. The van der Waals surface area contributed by atoms with Crippen LogP contribution in [0.3, 0.4) is 0 Å². The van der Waals surface area contributed by atoms with Gasteiger partial charge in [0.05, 0.1) is 12.1 Å². The smallest absolute Gasteiger partial charge is 0.444 e. The highest BCUT2D eigenvalue weighted by atomic mass is 19.4. The summed E-state index contributed by atoms with van der Waals surface area (Å²) < 4.78 is 47.7. The standard InChI is InChI=1S/C36H51F3N4O6/c1-23(2)31(33(46)43-18-16-27(40-6)17-19-43)42-32(45)26(20-25-12-14-28(15-13-25)48-36(37,38)39)22-30(44)29(21-24-10-8-7-9-11-24)41-34(47)49-35(3,4)5/h7-15,23,26-27,29-31,40,44H,16-22H2,1-6H3,(H,41,47)(H,42,45)/t26?,29?,30?,31-/m0/s1. The summed E-state index contributed by atoms with van der Waals surface area (Å²) >= 11 is 0. The summed E-state index contributed by atoms with van der Waals surface area (Å²) in [4.78, 5) is 42.3. The van der Waals surface area contributed by atoms with Gasteiger partial charge in [0.2, 0.25) is 11.8 Å². The maximum absolute atomic E-state index is 14.0. The molecule has 13 heteroatoms. The molecule has 0 saturated carbocycles. The van der Waals surface area contributed by atoms with E-state index in [-0.39, 0.29) is 31.1 Å². The SMILES string of the molecule is CNC1CCN(C(=O)[C@@H](NC(=O)C(Cc2ccc(OC(F)(F)F)cc2)CC(O)C(Cc2ccccc2)NC(=O)OC(C)(C)C)C(C)C)CC1. The third kappa shape index (κ3) is 13.5. The average Bonchev–Trinajstić information content (AvgIpc) is 3.02. The highest BCUT2D eigenvalue weighted by Crippen LogP contribution is 2.25. The molecule has 3 amide bonds. The van der Waals surface area contributed by atoms with E-state index in [1.165, 1.54) is 12.1 Å². The topological polar surface area (TPSA) is 129 Å². The number of aliphatic hydroxyl groups is 1. The van der Waals surface area contributed by atoms with Crippen molar-refractivity contribution in [3.63, 3.8) is 0 Å². The van der Waals surface area contributed by atoms with E-state index in [2.05, 4.69) is 20.7 Å². The van der Waals surface area contributed by atoms with Gasteiger partial charge in [-0.3, -0.25) is 9.59 Å². The lowest BCUT2D eigenvalue weighted by atomic mass is 9.88. The Labute approximate surface area is 287 Å². The van der Waals surface area contributed by atoms with E-state index >= 15 is 0 Å². The van der Waals surface area contributed by atoms with Crippen molar-refractivity contribution in [2.75, 3.05) is 20.1 Å². The molecule has 49 heavy (non-hydrogen) atoms. The Morgan fingerprint density at radius 1 is 0.918 bits per heavy atom. The highest BCUT2D eigenvalue weighted by molar-refractivity contribution is 5.89. The molecule has 0 radical (unpaired) electrons. The molecule has 0 aliphatic carbocycles. The van der Waals surface area contributed by atoms with Crippen molar-refractivity contribution in [2.24, 2.45) is 11.8 Å². The second-order valence-electron chi connectivity index (χ2n) is 14.0. The zero-order valence-electron chi connectivity index (χ0n) is 29.2. The van der Waals surface area contributed by atoms with Crippen molar-refractivity contribution in [3.05, 3.63) is 65.7 Å². The van der Waals surface area contributed by atoms with Gasteiger partial charge >= 0.3 is 12.5 Å². The number of alkyl halides is 3. The van der Waals surface area contributed by atoms with Gasteiger partial charge in [-0.05, 0) is 89.1 Å². The van der Waals surface area contributed by atoms with E-state index in [4.69, 9.17) is 4.74 Å². The Morgan fingerprint density at radius 2 is 1.51 bits per heavy atom. The van der Waals surface area contributed by atoms with Gasteiger partial charge in [-0.25, -0.2) is 4.79 Å². The van der Waals surface area contributed by atoms with Crippen molar-refractivity contribution in [1.82, 2.24) is 20.9 Å². The number of amides is 3. The van der Waals surface area contributed by atoms with E-state index in [0.717, 1.165) is 30.5 Å². The second-order valence-corrected chi connectivity index (χ2v) is 14.0. The van der Waals surface area contributed by atoms with Crippen molar-refractivity contribution in [3.8, 4) is 5.75 Å². The van der Waals surface area contributed by atoms with Crippen molar-refractivity contribution in [1.29, 1.82) is 0 Å². The lowest BCUT2D eigenvalue weighted by Gasteiger charge is -2.36. The molecule has 0 spiro atoms. The molecule has 0 aromatic heterocycles. The van der Waals surface area contributed by atoms with Crippen molar-refractivity contribution < 1.29 is 42.1 Å². The Kier molecular flexibility index (Phi) is 14.3. The maximum Gasteiger partial charge on any atom is 0.573 e. The number of likely N-dealkylation sites (tertiary alicyclic amines) is 1. The van der Waals surface area contributed by atoms with Crippen LogP contribution in [0.25, 0.3) is 0 Å². The summed E-state index contributed by atoms with van der Waals surface area (Å²) in [6.07, 6.45) is -5.13. The molecule has 10 nitrogen and oxygen atoms in total. The van der Waals surface area contributed by atoms with Crippen LogP contribution in [-0.4, -0.2) is 84.2 Å². The van der Waals surface area contributed by atoms with Crippen LogP contribution in [0.15, 0.2) is 54.6 Å². The van der Waals surface area contributed by atoms with Crippen LogP contribution < -0.4 is 20.7 Å². The number of ether oxygens (including phenoxy) is 2. The molecule has 1 heterocycles. The zero-order chi connectivity index (χ0) is 36.4. The first-order valence-corrected chi connectivity index (χ1v) is 16.8. The van der Waals surface area contributed by atoms with Gasteiger partial charge in [-0.1, -0.05) is 56.3 Å². The third-order valence-electron chi connectivity index (χ3n) is 8.45. The normalized spacial score (nSPS) is 16.8. The number of carbonyl (C=O) groups excluding carboxylic acids is 3. The number of hydrogen-bond donors (Lipinski definition) is 4. The van der Waals surface area contributed by atoms with Gasteiger partial charge in [-0.2, -0.15) is 0 Å². The third-order valence-corrected chi connectivity index (χ3v) is 8.45. The summed E-state index contributed by atoms with van der Waals surface area (Å²) in [5.41, 5.74) is 0.553. The minimum absolute atomic E-state index is 0.0340. The molecule has 272 valence electrons. The molecule has 1 fully saturated rings. The lowest BCUT2D eigenvalue weighted by molar-refractivity contribution is -0.274. The number of halogens is 3. The summed E-state index contributed by atoms with van der Waals surface area (Å²) in [5.74, 6) is -2.27. The first-order chi connectivity index (χ1) is 22.9. The number of aliphatic hydroxyl groups excluding tert-OH is 1. The number of hydrogen-bond acceptors (Lipinski definition) is 7. The molecule has 0 bridgehead atoms. The average molecular weight is 693 g/mol. The van der Waals surface area contributed by atoms with Gasteiger partial charge in [0.25, 0.3) is 0 Å². The fourth-order valence-electron chi connectivity index (χ4n) is 5.83. The summed E-state index contributed by atoms with van der Waals surface area (Å²) in [6.45, 7) is 9.94. The van der Waals surface area contributed by atoms with Crippen LogP contribution >= 0.6 is 0 Å². The van der Waals surface area contributed by atoms with E-state index in [1.54, 1.807) is 25.7 Å². The largest absolute Gasteiger partial charge is 0.573 e. The van der Waals surface area contributed by atoms with E-state index in [0.29, 0.717) is 24.7 Å². The number of piperidine rings is 1. The van der Waals surface area contributed by atoms with Crippen LogP contribution in [0.4, 0.5) is 18.0 Å². The maximum atomic E-state index is 14.0. The van der Waals surface area contributed by atoms with Crippen molar-refractivity contribution >= 4 is 17.9 Å². The zero-order valence-corrected chi connectivity index (χ0v) is 29.2. The lowest BCUT2D eigenvalue weighted by Crippen LogP contribution is -2.55. The molecule has 1 saturated heterocycles. The number of rotatable bonds is 14. The summed E-state index contributed by atoms with van der Waals surface area (Å²) in [6, 6.07) is 13.0. The summed E-state index contributed by atoms with van der Waals surface area (Å²) in [7, 11) is 1.89.